The quantitative estimate of drug-likeness (QED) is 0.843. The van der Waals surface area contributed by atoms with Crippen molar-refractivity contribution >= 4 is 27.2 Å². The summed E-state index contributed by atoms with van der Waals surface area (Å²) in [6.07, 6.45) is 1.45. The Hall–Kier alpha value is -1.02. The first kappa shape index (κ1) is 15.4. The summed E-state index contributed by atoms with van der Waals surface area (Å²) in [6, 6.07) is 6.34. The normalized spacial score (nSPS) is 17.3. The minimum absolute atomic E-state index is 0.0102. The fourth-order valence-electron chi connectivity index (χ4n) is 2.20. The molecule has 0 aromatic heterocycles. The standard InChI is InChI=1S/C13H18N2O3S2/c1-15(11-6-8-18-9-7-11)20(16,17)12-4-2-10(3-5-12)13(14)19/h2-5,11H,6-9H2,1H3,(H2,14,19). The molecule has 1 saturated heterocycles. The average molecular weight is 314 g/mol. The summed E-state index contributed by atoms with van der Waals surface area (Å²) in [5.74, 6) is 0. The molecule has 5 nitrogen and oxygen atoms in total. The number of benzene rings is 1. The van der Waals surface area contributed by atoms with Crippen molar-refractivity contribution in [3.05, 3.63) is 29.8 Å². The SMILES string of the molecule is CN(C1CCOCC1)S(=O)(=O)c1ccc(C(N)=S)cc1. The third-order valence-electron chi connectivity index (χ3n) is 3.52. The molecule has 0 aliphatic carbocycles. The van der Waals surface area contributed by atoms with E-state index in [4.69, 9.17) is 22.7 Å². The Morgan fingerprint density at radius 2 is 1.85 bits per heavy atom. The maximum absolute atomic E-state index is 12.5. The van der Waals surface area contributed by atoms with Crippen molar-refractivity contribution in [2.24, 2.45) is 5.73 Å². The van der Waals surface area contributed by atoms with Crippen molar-refractivity contribution in [2.45, 2.75) is 23.8 Å². The van der Waals surface area contributed by atoms with Gasteiger partial charge in [-0.05, 0) is 25.0 Å². The van der Waals surface area contributed by atoms with Crippen LogP contribution in [0.2, 0.25) is 0 Å². The minimum Gasteiger partial charge on any atom is -0.389 e. The van der Waals surface area contributed by atoms with Crippen LogP contribution in [0.5, 0.6) is 0 Å². The van der Waals surface area contributed by atoms with Crippen molar-refractivity contribution < 1.29 is 13.2 Å². The first-order valence-electron chi connectivity index (χ1n) is 6.38. The van der Waals surface area contributed by atoms with Crippen LogP contribution in [0.4, 0.5) is 0 Å². The number of hydrogen-bond acceptors (Lipinski definition) is 4. The van der Waals surface area contributed by atoms with E-state index in [0.29, 0.717) is 18.8 Å². The van der Waals surface area contributed by atoms with E-state index in [1.807, 2.05) is 0 Å². The molecule has 1 aromatic carbocycles. The fourth-order valence-corrected chi connectivity index (χ4v) is 3.75. The van der Waals surface area contributed by atoms with E-state index >= 15 is 0 Å². The number of ether oxygens (including phenoxy) is 1. The molecule has 110 valence electrons. The monoisotopic (exact) mass is 314 g/mol. The van der Waals surface area contributed by atoms with Crippen LogP contribution in [0.15, 0.2) is 29.2 Å². The molecule has 0 bridgehead atoms. The number of sulfonamides is 1. The lowest BCUT2D eigenvalue weighted by atomic mass is 10.1. The second-order valence-electron chi connectivity index (χ2n) is 4.75. The van der Waals surface area contributed by atoms with E-state index in [9.17, 15) is 8.42 Å². The van der Waals surface area contributed by atoms with Gasteiger partial charge in [0.1, 0.15) is 4.99 Å². The van der Waals surface area contributed by atoms with Crippen LogP contribution in [-0.4, -0.2) is 44.0 Å². The van der Waals surface area contributed by atoms with Gasteiger partial charge in [0.05, 0.1) is 4.90 Å². The Labute approximate surface area is 124 Å². The van der Waals surface area contributed by atoms with Gasteiger partial charge in [-0.25, -0.2) is 8.42 Å². The van der Waals surface area contributed by atoms with Gasteiger partial charge in [0.15, 0.2) is 0 Å². The number of rotatable bonds is 4. The minimum atomic E-state index is -3.49. The molecular formula is C13H18N2O3S2. The Morgan fingerprint density at radius 1 is 1.30 bits per heavy atom. The summed E-state index contributed by atoms with van der Waals surface area (Å²) in [5.41, 5.74) is 6.17. The zero-order valence-corrected chi connectivity index (χ0v) is 12.9. The number of hydrogen-bond donors (Lipinski definition) is 1. The molecule has 1 aliphatic rings. The van der Waals surface area contributed by atoms with E-state index in [1.54, 1.807) is 31.3 Å². The molecule has 0 radical (unpaired) electrons. The number of nitrogens with zero attached hydrogens (tertiary/aromatic N) is 1. The predicted molar refractivity (Wildman–Crippen MR) is 81.1 cm³/mol. The molecule has 0 atom stereocenters. The van der Waals surface area contributed by atoms with Crippen LogP contribution in [0.3, 0.4) is 0 Å². The molecule has 1 aromatic rings. The van der Waals surface area contributed by atoms with Crippen LogP contribution < -0.4 is 5.73 Å². The van der Waals surface area contributed by atoms with E-state index in [2.05, 4.69) is 0 Å². The summed E-state index contributed by atoms with van der Waals surface area (Å²) < 4.78 is 31.8. The van der Waals surface area contributed by atoms with E-state index in [-0.39, 0.29) is 15.9 Å². The highest BCUT2D eigenvalue weighted by molar-refractivity contribution is 7.89. The zero-order valence-electron chi connectivity index (χ0n) is 11.3. The van der Waals surface area contributed by atoms with Crippen LogP contribution in [-0.2, 0) is 14.8 Å². The molecule has 2 N–H and O–H groups in total. The summed E-state index contributed by atoms with van der Waals surface area (Å²) in [4.78, 5) is 0.512. The lowest BCUT2D eigenvalue weighted by Crippen LogP contribution is -2.40. The highest BCUT2D eigenvalue weighted by Crippen LogP contribution is 2.22. The maximum atomic E-state index is 12.5. The molecule has 7 heteroatoms. The molecule has 0 spiro atoms. The highest BCUT2D eigenvalue weighted by Gasteiger charge is 2.29. The number of nitrogens with two attached hydrogens (primary N) is 1. The summed E-state index contributed by atoms with van der Waals surface area (Å²) in [6.45, 7) is 1.20. The van der Waals surface area contributed by atoms with E-state index in [0.717, 1.165) is 12.8 Å². The van der Waals surface area contributed by atoms with Gasteiger partial charge >= 0.3 is 0 Å². The molecule has 1 fully saturated rings. The lowest BCUT2D eigenvalue weighted by Gasteiger charge is -2.30. The summed E-state index contributed by atoms with van der Waals surface area (Å²) >= 11 is 4.86. The van der Waals surface area contributed by atoms with E-state index in [1.165, 1.54) is 4.31 Å². The Morgan fingerprint density at radius 3 is 2.35 bits per heavy atom. The predicted octanol–water partition coefficient (Wildman–Crippen LogP) is 1.12. The molecule has 20 heavy (non-hydrogen) atoms. The molecule has 0 amide bonds. The van der Waals surface area contributed by atoms with Gasteiger partial charge < -0.3 is 10.5 Å². The third kappa shape index (κ3) is 3.17. The van der Waals surface area contributed by atoms with Gasteiger partial charge in [-0.1, -0.05) is 24.4 Å². The van der Waals surface area contributed by atoms with Crippen LogP contribution in [0.1, 0.15) is 18.4 Å². The summed E-state index contributed by atoms with van der Waals surface area (Å²) in [5, 5.41) is 0. The lowest BCUT2D eigenvalue weighted by molar-refractivity contribution is 0.0632. The molecule has 0 saturated carbocycles. The molecule has 1 heterocycles. The van der Waals surface area contributed by atoms with Gasteiger partial charge in [-0.15, -0.1) is 0 Å². The Balaban J connectivity index is 2.22. The van der Waals surface area contributed by atoms with Crippen LogP contribution >= 0.6 is 12.2 Å². The smallest absolute Gasteiger partial charge is 0.243 e. The molecular weight excluding hydrogens is 296 g/mol. The van der Waals surface area contributed by atoms with Gasteiger partial charge in [-0.3, -0.25) is 0 Å². The van der Waals surface area contributed by atoms with Crippen molar-refractivity contribution in [2.75, 3.05) is 20.3 Å². The topological polar surface area (TPSA) is 72.6 Å². The second kappa shape index (κ2) is 6.17. The third-order valence-corrected chi connectivity index (χ3v) is 5.68. The molecule has 0 unspecified atom stereocenters. The maximum Gasteiger partial charge on any atom is 0.243 e. The van der Waals surface area contributed by atoms with Gasteiger partial charge in [0, 0.05) is 31.9 Å². The average Bonchev–Trinajstić information content (AvgIpc) is 2.47. The zero-order chi connectivity index (χ0) is 14.8. The van der Waals surface area contributed by atoms with Crippen LogP contribution in [0, 0.1) is 0 Å². The van der Waals surface area contributed by atoms with Crippen molar-refractivity contribution in [3.63, 3.8) is 0 Å². The first-order chi connectivity index (χ1) is 9.43. The van der Waals surface area contributed by atoms with Crippen molar-refractivity contribution in [1.82, 2.24) is 4.31 Å². The van der Waals surface area contributed by atoms with E-state index < -0.39 is 10.0 Å². The second-order valence-corrected chi connectivity index (χ2v) is 7.19. The molecule has 1 aliphatic heterocycles. The Kier molecular flexibility index (Phi) is 4.74. The number of thiocarbonyl (C=S) groups is 1. The van der Waals surface area contributed by atoms with Gasteiger partial charge in [0.25, 0.3) is 0 Å². The van der Waals surface area contributed by atoms with Gasteiger partial charge in [0.2, 0.25) is 10.0 Å². The summed E-state index contributed by atoms with van der Waals surface area (Å²) in [7, 11) is -1.87. The van der Waals surface area contributed by atoms with Crippen LogP contribution in [0.25, 0.3) is 0 Å². The highest BCUT2D eigenvalue weighted by atomic mass is 32.2. The van der Waals surface area contributed by atoms with Crippen molar-refractivity contribution in [1.29, 1.82) is 0 Å². The fraction of sp³-hybridized carbons (Fsp3) is 0.462. The Bertz CT molecular complexity index is 578. The van der Waals surface area contributed by atoms with Crippen molar-refractivity contribution in [3.8, 4) is 0 Å². The first-order valence-corrected chi connectivity index (χ1v) is 8.23. The van der Waals surface area contributed by atoms with Gasteiger partial charge in [-0.2, -0.15) is 4.31 Å². The molecule has 2 rings (SSSR count). The largest absolute Gasteiger partial charge is 0.389 e.